The Labute approximate surface area is 253 Å². The van der Waals surface area contributed by atoms with E-state index >= 15 is 0 Å². The fraction of sp³-hybridized carbons (Fsp3) is 0.484. The van der Waals surface area contributed by atoms with Crippen LogP contribution in [0.3, 0.4) is 0 Å². The van der Waals surface area contributed by atoms with Crippen LogP contribution in [0.2, 0.25) is 10.0 Å². The molecule has 0 heterocycles. The van der Waals surface area contributed by atoms with E-state index in [2.05, 4.69) is 22.8 Å². The second kappa shape index (κ2) is 19.9. The molecule has 2 rings (SSSR count). The standard InChI is InChI=1S/C31H41Cl2N3O5/c1-3-4-5-6-7-8-9-10-11-12-13-14-29(37)34-22-30(38)36-35-21-23-15-18-27(28(19-23)40-2)41-31(39)25-17-16-24(32)20-26(25)33/h15-21H,3-14,22H2,1-2H3,(H,34,37)(H,36,38)/b35-21+. The molecule has 0 radical (unpaired) electrons. The first-order valence-corrected chi connectivity index (χ1v) is 15.0. The third kappa shape index (κ3) is 13.9. The van der Waals surface area contributed by atoms with Crippen LogP contribution in [0.15, 0.2) is 41.5 Å². The summed E-state index contributed by atoms with van der Waals surface area (Å²) in [6, 6.07) is 9.25. The minimum Gasteiger partial charge on any atom is -0.493 e. The van der Waals surface area contributed by atoms with Gasteiger partial charge in [0.2, 0.25) is 5.91 Å². The predicted molar refractivity (Wildman–Crippen MR) is 164 cm³/mol. The number of esters is 1. The van der Waals surface area contributed by atoms with Gasteiger partial charge in [-0.1, -0.05) is 94.3 Å². The number of unbranched alkanes of at least 4 members (excludes halogenated alkanes) is 10. The van der Waals surface area contributed by atoms with Crippen LogP contribution in [-0.2, 0) is 9.59 Å². The van der Waals surface area contributed by atoms with Crippen molar-refractivity contribution in [2.75, 3.05) is 13.7 Å². The van der Waals surface area contributed by atoms with Crippen molar-refractivity contribution in [2.24, 2.45) is 5.10 Å². The Balaban J connectivity index is 1.65. The quantitative estimate of drug-likeness (QED) is 0.0567. The fourth-order valence-electron chi connectivity index (χ4n) is 4.09. The molecule has 0 fully saturated rings. The van der Waals surface area contributed by atoms with E-state index in [0.29, 0.717) is 17.0 Å². The van der Waals surface area contributed by atoms with E-state index in [4.69, 9.17) is 32.7 Å². The third-order valence-corrected chi connectivity index (χ3v) is 6.95. The highest BCUT2D eigenvalue weighted by atomic mass is 35.5. The molecule has 41 heavy (non-hydrogen) atoms. The Morgan fingerprint density at radius 2 is 1.49 bits per heavy atom. The summed E-state index contributed by atoms with van der Waals surface area (Å²) in [7, 11) is 1.43. The van der Waals surface area contributed by atoms with Crippen molar-refractivity contribution in [2.45, 2.75) is 84.0 Å². The zero-order valence-electron chi connectivity index (χ0n) is 24.0. The van der Waals surface area contributed by atoms with Gasteiger partial charge < -0.3 is 14.8 Å². The molecule has 2 aromatic rings. The third-order valence-electron chi connectivity index (χ3n) is 6.40. The highest BCUT2D eigenvalue weighted by Gasteiger charge is 2.16. The number of nitrogens with zero attached hydrogens (tertiary/aromatic N) is 1. The molecular formula is C31H41Cl2N3O5. The minimum atomic E-state index is -0.663. The molecule has 2 amide bonds. The van der Waals surface area contributed by atoms with Gasteiger partial charge in [-0.25, -0.2) is 10.2 Å². The number of hydrazone groups is 1. The maximum atomic E-state index is 12.5. The normalized spacial score (nSPS) is 10.9. The second-order valence-corrected chi connectivity index (χ2v) is 10.6. The number of benzene rings is 2. The molecule has 0 atom stereocenters. The molecule has 0 bridgehead atoms. The van der Waals surface area contributed by atoms with Gasteiger partial charge in [0, 0.05) is 11.4 Å². The predicted octanol–water partition coefficient (Wildman–Crippen LogP) is 7.49. The summed E-state index contributed by atoms with van der Waals surface area (Å²) in [5.41, 5.74) is 3.13. The van der Waals surface area contributed by atoms with Gasteiger partial charge in [-0.05, 0) is 48.4 Å². The van der Waals surface area contributed by atoms with E-state index in [9.17, 15) is 14.4 Å². The van der Waals surface area contributed by atoms with Gasteiger partial charge in [0.1, 0.15) is 0 Å². The molecule has 0 aliphatic heterocycles. The maximum Gasteiger partial charge on any atom is 0.345 e. The Bertz CT molecular complexity index is 1160. The number of rotatable bonds is 19. The monoisotopic (exact) mass is 605 g/mol. The molecule has 8 nitrogen and oxygen atoms in total. The average Bonchev–Trinajstić information content (AvgIpc) is 2.95. The van der Waals surface area contributed by atoms with E-state index in [1.165, 1.54) is 76.8 Å². The summed E-state index contributed by atoms with van der Waals surface area (Å²) in [6.07, 6.45) is 15.2. The molecule has 0 unspecified atom stereocenters. The van der Waals surface area contributed by atoms with E-state index in [-0.39, 0.29) is 34.5 Å². The summed E-state index contributed by atoms with van der Waals surface area (Å²) < 4.78 is 10.7. The van der Waals surface area contributed by atoms with Gasteiger partial charge in [0.15, 0.2) is 11.5 Å². The molecule has 0 aromatic heterocycles. The molecular weight excluding hydrogens is 565 g/mol. The summed E-state index contributed by atoms with van der Waals surface area (Å²) in [5.74, 6) is -0.775. The van der Waals surface area contributed by atoms with Crippen LogP contribution in [0.25, 0.3) is 0 Å². The van der Waals surface area contributed by atoms with Crippen molar-refractivity contribution < 1.29 is 23.9 Å². The molecule has 0 saturated carbocycles. The first-order chi connectivity index (χ1) is 19.8. The average molecular weight is 607 g/mol. The van der Waals surface area contributed by atoms with E-state index in [1.54, 1.807) is 24.3 Å². The maximum absolute atomic E-state index is 12.5. The van der Waals surface area contributed by atoms with E-state index < -0.39 is 11.9 Å². The van der Waals surface area contributed by atoms with Crippen LogP contribution in [-0.4, -0.2) is 37.7 Å². The smallest absolute Gasteiger partial charge is 0.345 e. The molecule has 224 valence electrons. The van der Waals surface area contributed by atoms with E-state index in [0.717, 1.165) is 19.3 Å². The van der Waals surface area contributed by atoms with Gasteiger partial charge in [0.05, 0.1) is 30.5 Å². The lowest BCUT2D eigenvalue weighted by Gasteiger charge is -2.10. The van der Waals surface area contributed by atoms with Gasteiger partial charge in [-0.3, -0.25) is 9.59 Å². The number of hydrogen-bond acceptors (Lipinski definition) is 6. The minimum absolute atomic E-state index is 0.144. The summed E-state index contributed by atoms with van der Waals surface area (Å²) in [6.45, 7) is 2.08. The largest absolute Gasteiger partial charge is 0.493 e. The first kappa shape index (κ1) is 34.1. The lowest BCUT2D eigenvalue weighted by atomic mass is 10.1. The van der Waals surface area contributed by atoms with Crippen molar-refractivity contribution in [1.29, 1.82) is 0 Å². The van der Waals surface area contributed by atoms with Crippen LogP contribution in [0.4, 0.5) is 0 Å². The van der Waals surface area contributed by atoms with Crippen LogP contribution < -0.4 is 20.2 Å². The number of amides is 2. The van der Waals surface area contributed by atoms with Crippen molar-refractivity contribution in [1.82, 2.24) is 10.7 Å². The highest BCUT2D eigenvalue weighted by Crippen LogP contribution is 2.30. The number of carbonyl (C=O) groups is 3. The lowest BCUT2D eigenvalue weighted by Crippen LogP contribution is -2.34. The number of halogens is 2. The summed E-state index contributed by atoms with van der Waals surface area (Å²) in [5, 5.41) is 7.11. The highest BCUT2D eigenvalue weighted by molar-refractivity contribution is 6.36. The van der Waals surface area contributed by atoms with Crippen molar-refractivity contribution in [3.8, 4) is 11.5 Å². The van der Waals surface area contributed by atoms with Gasteiger partial charge in [-0.2, -0.15) is 5.10 Å². The van der Waals surface area contributed by atoms with Gasteiger partial charge in [-0.15, -0.1) is 0 Å². The Morgan fingerprint density at radius 3 is 2.12 bits per heavy atom. The summed E-state index contributed by atoms with van der Waals surface area (Å²) >= 11 is 12.0. The number of hydrogen-bond donors (Lipinski definition) is 2. The molecule has 0 aliphatic carbocycles. The lowest BCUT2D eigenvalue weighted by molar-refractivity contribution is -0.126. The van der Waals surface area contributed by atoms with E-state index in [1.807, 2.05) is 0 Å². The molecule has 2 aromatic carbocycles. The zero-order chi connectivity index (χ0) is 29.9. The molecule has 10 heteroatoms. The number of ether oxygens (including phenoxy) is 2. The fourth-order valence-corrected chi connectivity index (χ4v) is 4.58. The Kier molecular flexibility index (Phi) is 16.5. The first-order valence-electron chi connectivity index (χ1n) is 14.3. The number of nitrogens with one attached hydrogen (secondary N) is 2. The van der Waals surface area contributed by atoms with Crippen LogP contribution in [0.5, 0.6) is 11.5 Å². The zero-order valence-corrected chi connectivity index (χ0v) is 25.5. The number of methoxy groups -OCH3 is 1. The Hall–Kier alpha value is -3.10. The van der Waals surface area contributed by atoms with Crippen molar-refractivity contribution in [3.05, 3.63) is 57.6 Å². The second-order valence-electron chi connectivity index (χ2n) is 9.78. The number of carbonyl (C=O) groups excluding carboxylic acids is 3. The van der Waals surface area contributed by atoms with Crippen LogP contribution in [0, 0.1) is 0 Å². The van der Waals surface area contributed by atoms with Crippen LogP contribution in [0.1, 0.15) is 99.9 Å². The van der Waals surface area contributed by atoms with Gasteiger partial charge in [0.25, 0.3) is 5.91 Å². The van der Waals surface area contributed by atoms with Crippen molar-refractivity contribution in [3.63, 3.8) is 0 Å². The molecule has 0 aliphatic rings. The van der Waals surface area contributed by atoms with Crippen LogP contribution >= 0.6 is 23.2 Å². The SMILES string of the molecule is CCCCCCCCCCCCCC(=O)NCC(=O)N/N=C/c1ccc(OC(=O)c2ccc(Cl)cc2Cl)c(OC)c1. The molecule has 0 saturated heterocycles. The molecule has 0 spiro atoms. The topological polar surface area (TPSA) is 106 Å². The van der Waals surface area contributed by atoms with Crippen molar-refractivity contribution >= 4 is 47.2 Å². The summed E-state index contributed by atoms with van der Waals surface area (Å²) in [4.78, 5) is 36.6. The Morgan fingerprint density at radius 1 is 0.829 bits per heavy atom. The van der Waals surface area contributed by atoms with Gasteiger partial charge >= 0.3 is 5.97 Å². The molecule has 2 N–H and O–H groups in total.